The Morgan fingerprint density at radius 2 is 1.62 bits per heavy atom. The van der Waals surface area contributed by atoms with E-state index >= 15 is 0 Å². The number of fused-ring (bicyclic) bond motifs is 2. The summed E-state index contributed by atoms with van der Waals surface area (Å²) in [6, 6.07) is 22.4. The van der Waals surface area contributed by atoms with E-state index in [1.807, 2.05) is 41.8 Å². The summed E-state index contributed by atoms with van der Waals surface area (Å²) in [7, 11) is 0. The Morgan fingerprint density at radius 1 is 0.971 bits per heavy atom. The van der Waals surface area contributed by atoms with Gasteiger partial charge < -0.3 is 23.9 Å². The molecular weight excluding hydrogens is 428 g/mol. The van der Waals surface area contributed by atoms with Gasteiger partial charge in [0.05, 0.1) is 17.6 Å². The average Bonchev–Trinajstić information content (AvgIpc) is 3.15. The van der Waals surface area contributed by atoms with Crippen LogP contribution in [0, 0.1) is 6.92 Å². The van der Waals surface area contributed by atoms with Crippen molar-refractivity contribution in [1.29, 1.82) is 0 Å². The van der Waals surface area contributed by atoms with E-state index in [0.717, 1.165) is 22.6 Å². The summed E-state index contributed by atoms with van der Waals surface area (Å²) in [5.41, 5.74) is 4.11. The minimum absolute atomic E-state index is 0.104. The number of hydrogen-bond acceptors (Lipinski definition) is 5. The lowest BCUT2D eigenvalue weighted by Gasteiger charge is -2.26. The zero-order chi connectivity index (χ0) is 23.7. The van der Waals surface area contributed by atoms with Crippen molar-refractivity contribution in [1.82, 2.24) is 9.55 Å². The fourth-order valence-corrected chi connectivity index (χ4v) is 4.46. The summed E-state index contributed by atoms with van der Waals surface area (Å²) in [5, 5.41) is 10.7. The van der Waals surface area contributed by atoms with Gasteiger partial charge in [0, 0.05) is 17.5 Å². The number of aliphatic hydroxyl groups excluding tert-OH is 1. The third-order valence-corrected chi connectivity index (χ3v) is 6.51. The Bertz CT molecular complexity index is 1280. The highest BCUT2D eigenvalue weighted by Gasteiger charge is 2.23. The number of imidazole rings is 1. The van der Waals surface area contributed by atoms with Crippen molar-refractivity contribution in [2.24, 2.45) is 0 Å². The van der Waals surface area contributed by atoms with Crippen molar-refractivity contribution in [2.45, 2.75) is 38.8 Å². The first-order chi connectivity index (χ1) is 16.4. The summed E-state index contributed by atoms with van der Waals surface area (Å²) < 4.78 is 19.3. The highest BCUT2D eigenvalue weighted by atomic mass is 16.6. The highest BCUT2D eigenvalue weighted by molar-refractivity contribution is 5.80. The molecule has 0 spiro atoms. The van der Waals surface area contributed by atoms with Crippen LogP contribution in [-0.2, 0) is 12.0 Å². The van der Waals surface area contributed by atoms with Crippen LogP contribution in [0.2, 0.25) is 0 Å². The fourth-order valence-electron chi connectivity index (χ4n) is 4.46. The number of rotatable bonds is 7. The summed E-state index contributed by atoms with van der Waals surface area (Å²) >= 11 is 0. The van der Waals surface area contributed by atoms with Crippen LogP contribution in [0.3, 0.4) is 0 Å². The Labute approximate surface area is 199 Å². The lowest BCUT2D eigenvalue weighted by atomic mass is 9.78. The van der Waals surface area contributed by atoms with E-state index in [4.69, 9.17) is 14.2 Å². The summed E-state index contributed by atoms with van der Waals surface area (Å²) in [6.45, 7) is 8.00. The molecule has 2 heterocycles. The lowest BCUT2D eigenvalue weighted by molar-refractivity contribution is 0.0929. The van der Waals surface area contributed by atoms with E-state index < -0.39 is 6.10 Å². The minimum atomic E-state index is -0.690. The molecule has 6 nitrogen and oxygen atoms in total. The summed E-state index contributed by atoms with van der Waals surface area (Å²) in [6.07, 6.45) is -0.690. The van der Waals surface area contributed by atoms with Crippen LogP contribution in [0.25, 0.3) is 11.0 Å². The summed E-state index contributed by atoms with van der Waals surface area (Å²) in [5.74, 6) is 2.98. The molecule has 0 amide bonds. The number of hydrogen-bond donors (Lipinski definition) is 1. The largest absolute Gasteiger partial charge is 0.491 e. The zero-order valence-electron chi connectivity index (χ0n) is 19.8. The van der Waals surface area contributed by atoms with E-state index in [9.17, 15) is 5.11 Å². The van der Waals surface area contributed by atoms with Crippen LogP contribution < -0.4 is 14.2 Å². The maximum absolute atomic E-state index is 10.7. The molecule has 0 bridgehead atoms. The predicted octanol–water partition coefficient (Wildman–Crippen LogP) is 4.88. The lowest BCUT2D eigenvalue weighted by Crippen LogP contribution is -2.24. The molecule has 0 radical (unpaired) electrons. The van der Waals surface area contributed by atoms with Gasteiger partial charge in [-0.2, -0.15) is 0 Å². The maximum atomic E-state index is 10.7. The van der Waals surface area contributed by atoms with Crippen molar-refractivity contribution >= 4 is 11.0 Å². The van der Waals surface area contributed by atoms with Crippen LogP contribution in [-0.4, -0.2) is 40.6 Å². The van der Waals surface area contributed by atoms with E-state index in [0.29, 0.717) is 31.3 Å². The molecule has 0 fully saturated rings. The first kappa shape index (κ1) is 22.3. The molecule has 5 rings (SSSR count). The third-order valence-electron chi connectivity index (χ3n) is 6.51. The molecule has 0 aliphatic carbocycles. The molecule has 0 saturated heterocycles. The number of nitrogens with zero attached hydrogens (tertiary/aromatic N) is 2. The van der Waals surface area contributed by atoms with Gasteiger partial charge in [-0.15, -0.1) is 0 Å². The van der Waals surface area contributed by atoms with Gasteiger partial charge in [-0.25, -0.2) is 4.98 Å². The van der Waals surface area contributed by atoms with Crippen LogP contribution in [0.1, 0.15) is 30.8 Å². The standard InChI is InChI=1S/C28H30N2O4/c1-19-29-24-15-26-27(33-14-13-32-26)16-25(24)30(19)17-22(31)18-34-23-11-9-21(10-12-23)28(2,3)20-7-5-4-6-8-20/h4-12,15-16,22,31H,13-14,17-18H2,1-3H3/t22-/m0/s1. The smallest absolute Gasteiger partial charge is 0.163 e. The van der Waals surface area contributed by atoms with E-state index in [1.54, 1.807) is 0 Å². The predicted molar refractivity (Wildman–Crippen MR) is 132 cm³/mol. The molecule has 176 valence electrons. The SMILES string of the molecule is Cc1nc2cc3c(cc2n1C[C@H](O)COc1ccc(C(C)(C)c2ccccc2)cc1)OCCO3. The summed E-state index contributed by atoms with van der Waals surface area (Å²) in [4.78, 5) is 4.63. The van der Waals surface area contributed by atoms with Gasteiger partial charge in [-0.3, -0.25) is 0 Å². The van der Waals surface area contributed by atoms with Gasteiger partial charge in [0.25, 0.3) is 0 Å². The van der Waals surface area contributed by atoms with Gasteiger partial charge >= 0.3 is 0 Å². The van der Waals surface area contributed by atoms with Crippen LogP contribution >= 0.6 is 0 Å². The van der Waals surface area contributed by atoms with Crippen LogP contribution in [0.15, 0.2) is 66.7 Å². The number of aryl methyl sites for hydroxylation is 1. The molecular formula is C28H30N2O4. The second kappa shape index (κ2) is 9.03. The van der Waals surface area contributed by atoms with Crippen molar-refractivity contribution in [3.63, 3.8) is 0 Å². The van der Waals surface area contributed by atoms with E-state index in [-0.39, 0.29) is 12.0 Å². The first-order valence-electron chi connectivity index (χ1n) is 11.7. The van der Waals surface area contributed by atoms with Crippen LogP contribution in [0.5, 0.6) is 17.2 Å². The highest BCUT2D eigenvalue weighted by Crippen LogP contribution is 2.35. The molecule has 4 aromatic rings. The molecule has 1 N–H and O–H groups in total. The quantitative estimate of drug-likeness (QED) is 0.428. The van der Waals surface area contributed by atoms with Gasteiger partial charge in [0.1, 0.15) is 37.5 Å². The average molecular weight is 459 g/mol. The van der Waals surface area contributed by atoms with E-state index in [1.165, 1.54) is 11.1 Å². The van der Waals surface area contributed by atoms with Crippen LogP contribution in [0.4, 0.5) is 0 Å². The molecule has 34 heavy (non-hydrogen) atoms. The van der Waals surface area contributed by atoms with Crippen molar-refractivity contribution < 1.29 is 19.3 Å². The Kier molecular flexibility index (Phi) is 5.92. The molecule has 1 atom stereocenters. The topological polar surface area (TPSA) is 65.7 Å². The van der Waals surface area contributed by atoms with E-state index in [2.05, 4.69) is 55.2 Å². The first-order valence-corrected chi connectivity index (χ1v) is 11.7. The molecule has 6 heteroatoms. The fraction of sp³-hybridized carbons (Fsp3) is 0.321. The van der Waals surface area contributed by atoms with Gasteiger partial charge in [0.15, 0.2) is 11.5 Å². The molecule has 1 aromatic heterocycles. The number of aromatic nitrogens is 2. The molecule has 1 aliphatic heterocycles. The molecule has 0 saturated carbocycles. The molecule has 0 unspecified atom stereocenters. The Hall–Kier alpha value is -3.51. The Balaban J connectivity index is 1.25. The minimum Gasteiger partial charge on any atom is -0.491 e. The Morgan fingerprint density at radius 3 is 2.32 bits per heavy atom. The van der Waals surface area contributed by atoms with Gasteiger partial charge in [-0.1, -0.05) is 56.3 Å². The zero-order valence-corrected chi connectivity index (χ0v) is 19.8. The number of aliphatic hydroxyl groups is 1. The second-order valence-electron chi connectivity index (χ2n) is 9.23. The maximum Gasteiger partial charge on any atom is 0.163 e. The molecule has 1 aliphatic rings. The third kappa shape index (κ3) is 4.33. The second-order valence-corrected chi connectivity index (χ2v) is 9.23. The van der Waals surface area contributed by atoms with Crippen molar-refractivity contribution in [3.05, 3.63) is 83.7 Å². The monoisotopic (exact) mass is 458 g/mol. The van der Waals surface area contributed by atoms with Crippen molar-refractivity contribution in [2.75, 3.05) is 19.8 Å². The normalized spacial score (nSPS) is 14.2. The van der Waals surface area contributed by atoms with Gasteiger partial charge in [0.2, 0.25) is 0 Å². The van der Waals surface area contributed by atoms with Gasteiger partial charge in [-0.05, 0) is 30.2 Å². The van der Waals surface area contributed by atoms with Crippen molar-refractivity contribution in [3.8, 4) is 17.2 Å². The number of benzene rings is 3. The molecule has 3 aromatic carbocycles. The number of ether oxygens (including phenoxy) is 3.